The summed E-state index contributed by atoms with van der Waals surface area (Å²) in [4.78, 5) is 23.1. The topological polar surface area (TPSA) is 69.7 Å². The van der Waals surface area contributed by atoms with E-state index < -0.39 is 7.14 Å². The molecular formula is C25H25O5P. The molecule has 0 radical (unpaired) electrons. The molecule has 3 aromatic rings. The third-order valence-corrected chi connectivity index (χ3v) is 7.92. The Hall–Kier alpha value is -3.17. The van der Waals surface area contributed by atoms with E-state index in [1.54, 1.807) is 62.4 Å². The summed E-state index contributed by atoms with van der Waals surface area (Å²) in [5, 5.41) is 1.92. The van der Waals surface area contributed by atoms with E-state index in [-0.39, 0.29) is 24.8 Å². The fraction of sp³-hybridized carbons (Fsp3) is 0.200. The number of aryl methyl sites for hydroxylation is 1. The Labute approximate surface area is 182 Å². The lowest BCUT2D eigenvalue weighted by Crippen LogP contribution is -2.25. The maximum Gasteiger partial charge on any atom is 0.310 e. The van der Waals surface area contributed by atoms with Crippen molar-refractivity contribution in [2.75, 3.05) is 0 Å². The number of ether oxygens (including phenoxy) is 2. The van der Waals surface area contributed by atoms with Gasteiger partial charge >= 0.3 is 11.9 Å². The monoisotopic (exact) mass is 436 g/mol. The molecule has 31 heavy (non-hydrogen) atoms. The average Bonchev–Trinajstić information content (AvgIpc) is 2.79. The van der Waals surface area contributed by atoms with E-state index in [0.29, 0.717) is 27.4 Å². The van der Waals surface area contributed by atoms with E-state index in [0.717, 1.165) is 5.56 Å². The molecule has 160 valence electrons. The van der Waals surface area contributed by atoms with Crippen molar-refractivity contribution in [3.8, 4) is 11.5 Å². The van der Waals surface area contributed by atoms with Crippen molar-refractivity contribution in [2.24, 2.45) is 0 Å². The van der Waals surface area contributed by atoms with E-state index in [4.69, 9.17) is 9.47 Å². The largest absolute Gasteiger partial charge is 0.427 e. The molecule has 3 aromatic carbocycles. The van der Waals surface area contributed by atoms with Gasteiger partial charge in [0.2, 0.25) is 0 Å². The summed E-state index contributed by atoms with van der Waals surface area (Å²) in [6, 6.07) is 21.1. The Morgan fingerprint density at radius 2 is 0.968 bits per heavy atom. The second-order valence-corrected chi connectivity index (χ2v) is 9.86. The van der Waals surface area contributed by atoms with Gasteiger partial charge in [0.05, 0.1) is 0 Å². The van der Waals surface area contributed by atoms with E-state index in [1.807, 2.05) is 31.2 Å². The van der Waals surface area contributed by atoms with Crippen molar-refractivity contribution in [3.05, 3.63) is 78.4 Å². The normalized spacial score (nSPS) is 11.1. The molecule has 0 fully saturated rings. The summed E-state index contributed by atoms with van der Waals surface area (Å²) in [6.45, 7) is 5.43. The van der Waals surface area contributed by atoms with Crippen LogP contribution in [0.25, 0.3) is 0 Å². The maximum atomic E-state index is 14.5. The quantitative estimate of drug-likeness (QED) is 0.314. The predicted molar refractivity (Wildman–Crippen MR) is 122 cm³/mol. The Morgan fingerprint density at radius 3 is 1.29 bits per heavy atom. The smallest absolute Gasteiger partial charge is 0.310 e. The lowest BCUT2D eigenvalue weighted by molar-refractivity contribution is -0.134. The first-order valence-electron chi connectivity index (χ1n) is 10.2. The molecule has 5 nitrogen and oxygen atoms in total. The summed E-state index contributed by atoms with van der Waals surface area (Å²) in [5.74, 6) is 0.166. The minimum Gasteiger partial charge on any atom is -0.427 e. The van der Waals surface area contributed by atoms with Crippen LogP contribution >= 0.6 is 7.14 Å². The zero-order valence-corrected chi connectivity index (χ0v) is 18.7. The fourth-order valence-electron chi connectivity index (χ4n) is 3.06. The first kappa shape index (κ1) is 22.5. The second-order valence-electron chi connectivity index (χ2n) is 7.09. The molecule has 0 saturated heterocycles. The van der Waals surface area contributed by atoms with Crippen LogP contribution in [0.3, 0.4) is 0 Å². The molecule has 0 spiro atoms. The van der Waals surface area contributed by atoms with Gasteiger partial charge in [-0.3, -0.25) is 9.59 Å². The highest BCUT2D eigenvalue weighted by atomic mass is 31.2. The number of benzene rings is 3. The van der Waals surface area contributed by atoms with Gasteiger partial charge in [0, 0.05) is 28.8 Å². The Balaban J connectivity index is 2.04. The molecule has 0 N–H and O–H groups in total. The number of carbonyl (C=O) groups excluding carboxylic acids is 2. The number of hydrogen-bond acceptors (Lipinski definition) is 5. The van der Waals surface area contributed by atoms with Crippen LogP contribution in [0.1, 0.15) is 32.3 Å². The summed E-state index contributed by atoms with van der Waals surface area (Å²) in [5.41, 5.74) is 1.07. The minimum absolute atomic E-state index is 0.276. The third-order valence-electron chi connectivity index (χ3n) is 4.84. The van der Waals surface area contributed by atoms with Crippen LogP contribution in [0.4, 0.5) is 0 Å². The van der Waals surface area contributed by atoms with Crippen LogP contribution < -0.4 is 25.4 Å². The van der Waals surface area contributed by atoms with Gasteiger partial charge in [-0.25, -0.2) is 0 Å². The molecule has 0 aliphatic carbocycles. The highest BCUT2D eigenvalue weighted by molar-refractivity contribution is 7.85. The molecule has 3 rings (SSSR count). The Kier molecular flexibility index (Phi) is 7.09. The van der Waals surface area contributed by atoms with Gasteiger partial charge in [-0.15, -0.1) is 0 Å². The van der Waals surface area contributed by atoms with E-state index in [2.05, 4.69) is 0 Å². The molecule has 0 aromatic heterocycles. The van der Waals surface area contributed by atoms with Gasteiger partial charge in [-0.1, -0.05) is 43.7 Å². The van der Waals surface area contributed by atoms with Gasteiger partial charge < -0.3 is 14.0 Å². The van der Waals surface area contributed by atoms with Crippen molar-refractivity contribution in [3.63, 3.8) is 0 Å². The lowest BCUT2D eigenvalue weighted by atomic mass is 10.2. The number of esters is 2. The summed E-state index contributed by atoms with van der Waals surface area (Å²) >= 11 is 0. The zero-order chi connectivity index (χ0) is 22.4. The molecule has 6 heteroatoms. The van der Waals surface area contributed by atoms with Gasteiger partial charge in [0.1, 0.15) is 11.5 Å². The van der Waals surface area contributed by atoms with Crippen LogP contribution in [0.2, 0.25) is 0 Å². The predicted octanol–water partition coefficient (Wildman–Crippen LogP) is 4.27. The van der Waals surface area contributed by atoms with Crippen molar-refractivity contribution in [1.29, 1.82) is 0 Å². The second kappa shape index (κ2) is 9.76. The maximum absolute atomic E-state index is 14.5. The fourth-order valence-corrected chi connectivity index (χ4v) is 5.66. The van der Waals surface area contributed by atoms with Crippen molar-refractivity contribution >= 4 is 35.0 Å². The Bertz CT molecular complexity index is 1030. The van der Waals surface area contributed by atoms with Crippen LogP contribution in [0.15, 0.2) is 72.8 Å². The molecule has 0 aliphatic heterocycles. The van der Waals surface area contributed by atoms with Gasteiger partial charge in [0.25, 0.3) is 0 Å². The lowest BCUT2D eigenvalue weighted by Gasteiger charge is -2.20. The number of hydrogen-bond donors (Lipinski definition) is 0. The molecule has 0 aliphatic rings. The van der Waals surface area contributed by atoms with Crippen molar-refractivity contribution in [2.45, 2.75) is 33.6 Å². The summed E-state index contributed by atoms with van der Waals surface area (Å²) in [6.07, 6.45) is 0.553. The van der Waals surface area contributed by atoms with Crippen LogP contribution in [0.5, 0.6) is 11.5 Å². The van der Waals surface area contributed by atoms with Crippen molar-refractivity contribution in [1.82, 2.24) is 0 Å². The molecule has 0 bridgehead atoms. The van der Waals surface area contributed by atoms with Gasteiger partial charge in [-0.05, 0) is 55.5 Å². The SMILES string of the molecule is CCC(=O)Oc1ccc(P(=O)(c2ccc(C)cc2)c2ccc(OC(=O)CC)cc2)cc1. The van der Waals surface area contributed by atoms with Gasteiger partial charge in [-0.2, -0.15) is 0 Å². The van der Waals surface area contributed by atoms with E-state index in [1.165, 1.54) is 0 Å². The number of rotatable bonds is 7. The van der Waals surface area contributed by atoms with E-state index >= 15 is 0 Å². The van der Waals surface area contributed by atoms with Crippen LogP contribution in [-0.2, 0) is 14.2 Å². The highest BCUT2D eigenvalue weighted by Gasteiger charge is 2.30. The molecule has 0 saturated carbocycles. The summed E-state index contributed by atoms with van der Waals surface area (Å²) < 4.78 is 25.0. The highest BCUT2D eigenvalue weighted by Crippen LogP contribution is 2.43. The van der Waals surface area contributed by atoms with Crippen molar-refractivity contribution < 1.29 is 23.6 Å². The van der Waals surface area contributed by atoms with E-state index in [9.17, 15) is 14.2 Å². The molecule has 0 atom stereocenters. The molecular weight excluding hydrogens is 411 g/mol. The first-order valence-corrected chi connectivity index (χ1v) is 11.9. The molecule has 0 amide bonds. The van der Waals surface area contributed by atoms with Gasteiger partial charge in [0.15, 0.2) is 7.14 Å². The minimum atomic E-state index is -3.20. The van der Waals surface area contributed by atoms with Crippen LogP contribution in [-0.4, -0.2) is 11.9 Å². The third kappa shape index (κ3) is 5.12. The first-order chi connectivity index (χ1) is 14.9. The molecule has 0 unspecified atom stereocenters. The molecule has 0 heterocycles. The number of carbonyl (C=O) groups is 2. The van der Waals surface area contributed by atoms with Crippen LogP contribution in [0, 0.1) is 6.92 Å². The summed E-state index contributed by atoms with van der Waals surface area (Å²) in [7, 11) is -3.20. The standard InChI is InChI=1S/C25H25O5P/c1-4-24(26)29-19-8-14-22(15-9-19)31(28,21-12-6-18(3)7-13-21)23-16-10-20(11-17-23)30-25(27)5-2/h6-17H,4-5H2,1-3H3. The Morgan fingerprint density at radius 1 is 0.645 bits per heavy atom. The zero-order valence-electron chi connectivity index (χ0n) is 17.8. The average molecular weight is 436 g/mol.